The molecule has 5 nitrogen and oxygen atoms in total. The second-order valence-electron chi connectivity index (χ2n) is 4.92. The lowest BCUT2D eigenvalue weighted by atomic mass is 9.98. The van der Waals surface area contributed by atoms with E-state index in [-0.39, 0.29) is 5.69 Å². The molecule has 0 bridgehead atoms. The summed E-state index contributed by atoms with van der Waals surface area (Å²) in [5.74, 6) is 0.698. The zero-order valence-electron chi connectivity index (χ0n) is 10.7. The van der Waals surface area contributed by atoms with E-state index >= 15 is 0 Å². The molecule has 1 aliphatic rings. The quantitative estimate of drug-likeness (QED) is 0.823. The highest BCUT2D eigenvalue weighted by Gasteiger charge is 2.25. The lowest BCUT2D eigenvalue weighted by Gasteiger charge is -2.23. The van der Waals surface area contributed by atoms with Gasteiger partial charge in [-0.2, -0.15) is 5.10 Å². The molecule has 1 heterocycles. The van der Waals surface area contributed by atoms with E-state index in [4.69, 9.17) is 0 Å². The summed E-state index contributed by atoms with van der Waals surface area (Å²) in [6.07, 6.45) is 6.78. The molecule has 0 aliphatic heterocycles. The van der Waals surface area contributed by atoms with Gasteiger partial charge in [0.25, 0.3) is 0 Å². The predicted molar refractivity (Wildman–Crippen MR) is 66.9 cm³/mol. The van der Waals surface area contributed by atoms with Crippen LogP contribution in [-0.4, -0.2) is 26.9 Å². The topological polar surface area (TPSA) is 51.9 Å². The zero-order chi connectivity index (χ0) is 12.3. The Morgan fingerprint density at radius 1 is 1.53 bits per heavy atom. The van der Waals surface area contributed by atoms with Crippen LogP contribution in [0.1, 0.15) is 32.6 Å². The summed E-state index contributed by atoms with van der Waals surface area (Å²) in [7, 11) is 1.74. The third-order valence-corrected chi connectivity index (χ3v) is 3.69. The number of likely N-dealkylation sites (N-methyl/N-ethyl adjacent to an activating group) is 1. The molecule has 0 amide bonds. The molecule has 0 saturated heterocycles. The van der Waals surface area contributed by atoms with E-state index in [1.54, 1.807) is 18.1 Å². The smallest absolute Gasteiger partial charge is 0.312 e. The van der Waals surface area contributed by atoms with Gasteiger partial charge in [-0.25, -0.2) is 9.48 Å². The molecule has 1 saturated carbocycles. The molecule has 1 aromatic heterocycles. The van der Waals surface area contributed by atoms with Crippen molar-refractivity contribution in [3.05, 3.63) is 16.8 Å². The molecule has 1 unspecified atom stereocenters. The highest BCUT2D eigenvalue weighted by Crippen LogP contribution is 2.28. The molecule has 0 radical (unpaired) electrons. The van der Waals surface area contributed by atoms with Gasteiger partial charge in [-0.05, 0) is 25.3 Å². The number of aromatic nitrogens is 3. The van der Waals surface area contributed by atoms with Gasteiger partial charge in [0.15, 0.2) is 0 Å². The Hall–Kier alpha value is -1.10. The fourth-order valence-corrected chi connectivity index (χ4v) is 2.73. The maximum Gasteiger partial charge on any atom is 0.345 e. The summed E-state index contributed by atoms with van der Waals surface area (Å²) in [6, 6.07) is 0.384. The number of rotatable bonds is 5. The molecule has 1 atom stereocenters. The third kappa shape index (κ3) is 2.77. The molecule has 1 fully saturated rings. The highest BCUT2D eigenvalue weighted by molar-refractivity contribution is 4.81. The Morgan fingerprint density at radius 3 is 2.76 bits per heavy atom. The molecule has 96 valence electrons. The van der Waals surface area contributed by atoms with E-state index in [2.05, 4.69) is 17.3 Å². The SMILES string of the molecule is CCNC(Cn1ncn(C)c1=O)C1CCCC1. The second-order valence-corrected chi connectivity index (χ2v) is 4.92. The number of hydrogen-bond donors (Lipinski definition) is 1. The van der Waals surface area contributed by atoms with Gasteiger partial charge in [0.1, 0.15) is 6.33 Å². The first-order chi connectivity index (χ1) is 8.22. The van der Waals surface area contributed by atoms with E-state index in [1.807, 2.05) is 0 Å². The zero-order valence-corrected chi connectivity index (χ0v) is 10.7. The van der Waals surface area contributed by atoms with Gasteiger partial charge in [0, 0.05) is 13.1 Å². The molecule has 17 heavy (non-hydrogen) atoms. The molecular weight excluding hydrogens is 216 g/mol. The van der Waals surface area contributed by atoms with Crippen molar-refractivity contribution in [3.63, 3.8) is 0 Å². The van der Waals surface area contributed by atoms with Crippen molar-refractivity contribution in [2.45, 2.75) is 45.2 Å². The van der Waals surface area contributed by atoms with Crippen LogP contribution in [0.25, 0.3) is 0 Å². The maximum absolute atomic E-state index is 11.8. The van der Waals surface area contributed by atoms with Gasteiger partial charge in [-0.15, -0.1) is 0 Å². The van der Waals surface area contributed by atoms with Crippen LogP contribution in [0.3, 0.4) is 0 Å². The number of hydrogen-bond acceptors (Lipinski definition) is 3. The lowest BCUT2D eigenvalue weighted by Crippen LogP contribution is -2.41. The number of nitrogens with zero attached hydrogens (tertiary/aromatic N) is 3. The minimum Gasteiger partial charge on any atom is -0.312 e. The fourth-order valence-electron chi connectivity index (χ4n) is 2.73. The Balaban J connectivity index is 2.06. The molecular formula is C12H22N4O. The van der Waals surface area contributed by atoms with Gasteiger partial charge in [-0.3, -0.25) is 4.57 Å². The van der Waals surface area contributed by atoms with Crippen LogP contribution in [0, 0.1) is 5.92 Å². The van der Waals surface area contributed by atoms with Gasteiger partial charge in [0.05, 0.1) is 6.54 Å². The first-order valence-corrected chi connectivity index (χ1v) is 6.54. The Bertz CT molecular complexity index is 403. The average Bonchev–Trinajstić information content (AvgIpc) is 2.93. The standard InChI is InChI=1S/C12H22N4O/c1-3-13-11(10-6-4-5-7-10)8-16-12(17)15(2)9-14-16/h9-11,13H,3-8H2,1-2H3. The molecule has 1 N–H and O–H groups in total. The van der Waals surface area contributed by atoms with E-state index in [9.17, 15) is 4.79 Å². The normalized spacial score (nSPS) is 18.7. The van der Waals surface area contributed by atoms with Crippen LogP contribution in [0.5, 0.6) is 0 Å². The first kappa shape index (κ1) is 12.4. The summed E-state index contributed by atoms with van der Waals surface area (Å²) in [5.41, 5.74) is -0.0223. The van der Waals surface area contributed by atoms with Crippen molar-refractivity contribution >= 4 is 0 Å². The van der Waals surface area contributed by atoms with Crippen LogP contribution in [0.4, 0.5) is 0 Å². The highest BCUT2D eigenvalue weighted by atomic mass is 16.2. The maximum atomic E-state index is 11.8. The van der Waals surface area contributed by atoms with Crippen LogP contribution < -0.4 is 11.0 Å². The Morgan fingerprint density at radius 2 is 2.24 bits per heavy atom. The van der Waals surface area contributed by atoms with Crippen molar-refractivity contribution in [2.75, 3.05) is 6.54 Å². The van der Waals surface area contributed by atoms with Crippen molar-refractivity contribution in [1.29, 1.82) is 0 Å². The van der Waals surface area contributed by atoms with Crippen LogP contribution in [0.2, 0.25) is 0 Å². The van der Waals surface area contributed by atoms with Crippen LogP contribution in [-0.2, 0) is 13.6 Å². The van der Waals surface area contributed by atoms with E-state index < -0.39 is 0 Å². The monoisotopic (exact) mass is 238 g/mol. The van der Waals surface area contributed by atoms with E-state index in [0.717, 1.165) is 6.54 Å². The van der Waals surface area contributed by atoms with Crippen LogP contribution >= 0.6 is 0 Å². The second kappa shape index (κ2) is 5.49. The summed E-state index contributed by atoms with van der Waals surface area (Å²) < 4.78 is 3.10. The minimum absolute atomic E-state index is 0.0223. The number of nitrogens with one attached hydrogen (secondary N) is 1. The number of aryl methyl sites for hydroxylation is 1. The molecule has 1 aromatic rings. The van der Waals surface area contributed by atoms with Crippen molar-refractivity contribution in [3.8, 4) is 0 Å². The van der Waals surface area contributed by atoms with Crippen molar-refractivity contribution < 1.29 is 0 Å². The molecule has 0 spiro atoms. The fraction of sp³-hybridized carbons (Fsp3) is 0.833. The van der Waals surface area contributed by atoms with Crippen LogP contribution in [0.15, 0.2) is 11.1 Å². The Labute approximate surface area is 102 Å². The molecule has 0 aromatic carbocycles. The molecule has 5 heteroatoms. The third-order valence-electron chi connectivity index (χ3n) is 3.69. The van der Waals surface area contributed by atoms with E-state index in [0.29, 0.717) is 18.5 Å². The van der Waals surface area contributed by atoms with Gasteiger partial charge < -0.3 is 5.32 Å². The average molecular weight is 238 g/mol. The summed E-state index contributed by atoms with van der Waals surface area (Å²) in [5, 5.41) is 7.64. The summed E-state index contributed by atoms with van der Waals surface area (Å²) in [6.45, 7) is 3.75. The molecule has 1 aliphatic carbocycles. The largest absolute Gasteiger partial charge is 0.345 e. The first-order valence-electron chi connectivity index (χ1n) is 6.54. The lowest BCUT2D eigenvalue weighted by molar-refractivity contribution is 0.312. The predicted octanol–water partition coefficient (Wildman–Crippen LogP) is 0.750. The van der Waals surface area contributed by atoms with Crippen molar-refractivity contribution in [2.24, 2.45) is 13.0 Å². The Kier molecular flexibility index (Phi) is 3.99. The van der Waals surface area contributed by atoms with Gasteiger partial charge in [-0.1, -0.05) is 19.8 Å². The van der Waals surface area contributed by atoms with Gasteiger partial charge >= 0.3 is 5.69 Å². The summed E-state index contributed by atoms with van der Waals surface area (Å²) >= 11 is 0. The molecule has 2 rings (SSSR count). The minimum atomic E-state index is -0.0223. The van der Waals surface area contributed by atoms with Crippen molar-refractivity contribution in [1.82, 2.24) is 19.7 Å². The summed E-state index contributed by atoms with van der Waals surface area (Å²) in [4.78, 5) is 11.8. The van der Waals surface area contributed by atoms with Gasteiger partial charge in [0.2, 0.25) is 0 Å². The van der Waals surface area contributed by atoms with E-state index in [1.165, 1.54) is 30.3 Å².